The average Bonchev–Trinajstić information content (AvgIpc) is 2.81. The van der Waals surface area contributed by atoms with Crippen LogP contribution in [0.3, 0.4) is 0 Å². The van der Waals surface area contributed by atoms with Crippen LogP contribution in [-0.2, 0) is 23.9 Å². The molecule has 192 valence electrons. The van der Waals surface area contributed by atoms with Crippen LogP contribution < -0.4 is 0 Å². The Bertz CT molecular complexity index is 1190. The van der Waals surface area contributed by atoms with Crippen LogP contribution in [-0.4, -0.2) is 30.4 Å². The first-order valence-corrected chi connectivity index (χ1v) is 13.3. The molecule has 0 saturated heterocycles. The van der Waals surface area contributed by atoms with E-state index in [1.54, 1.807) is 19.1 Å². The van der Waals surface area contributed by atoms with E-state index in [1.165, 1.54) is 7.11 Å². The number of methoxy groups -OCH3 is 1. The highest BCUT2D eigenvalue weighted by molar-refractivity contribution is 6.06. The normalized spacial score (nSPS) is 45.1. The van der Waals surface area contributed by atoms with Crippen molar-refractivity contribution in [3.8, 4) is 6.07 Å². The molecule has 0 aliphatic heterocycles. The van der Waals surface area contributed by atoms with E-state index in [9.17, 15) is 24.4 Å². The van der Waals surface area contributed by atoms with Gasteiger partial charge in [0.2, 0.25) is 0 Å². The largest absolute Gasteiger partial charge is 0.469 e. The van der Waals surface area contributed by atoms with E-state index >= 15 is 0 Å². The predicted molar refractivity (Wildman–Crippen MR) is 132 cm³/mol. The molecule has 36 heavy (non-hydrogen) atoms. The van der Waals surface area contributed by atoms with Crippen LogP contribution in [0.25, 0.3) is 0 Å². The molecule has 0 aromatic carbocycles. The molecule has 0 amide bonds. The molecule has 0 heterocycles. The van der Waals surface area contributed by atoms with Crippen LogP contribution in [0.1, 0.15) is 73.1 Å². The number of fused-ring (bicyclic) bond motifs is 7. The van der Waals surface area contributed by atoms with Gasteiger partial charge in [-0.3, -0.25) is 19.2 Å². The van der Waals surface area contributed by atoms with Crippen molar-refractivity contribution >= 4 is 23.3 Å². The van der Waals surface area contributed by atoms with Crippen LogP contribution in [0.5, 0.6) is 0 Å². The molecule has 3 fully saturated rings. The van der Waals surface area contributed by atoms with E-state index in [0.717, 1.165) is 18.4 Å². The number of nitriles is 1. The Labute approximate surface area is 213 Å². The molecule has 6 heteroatoms. The molecule has 8 unspecified atom stereocenters. The van der Waals surface area contributed by atoms with E-state index < -0.39 is 28.1 Å². The number of esters is 1. The minimum Gasteiger partial charge on any atom is -0.469 e. The van der Waals surface area contributed by atoms with E-state index in [0.29, 0.717) is 19.3 Å². The van der Waals surface area contributed by atoms with E-state index in [-0.39, 0.29) is 58.5 Å². The number of allylic oxidation sites excluding steroid dienone is 4. The Hall–Kier alpha value is -2.55. The van der Waals surface area contributed by atoms with Gasteiger partial charge in [0.15, 0.2) is 11.6 Å². The lowest BCUT2D eigenvalue weighted by Gasteiger charge is -2.63. The fourth-order valence-electron chi connectivity index (χ4n) is 9.36. The van der Waals surface area contributed by atoms with E-state index in [4.69, 9.17) is 4.74 Å². The molecule has 0 radical (unpaired) electrons. The Morgan fingerprint density at radius 1 is 1.08 bits per heavy atom. The minimum absolute atomic E-state index is 0.0122. The molecule has 0 spiro atoms. The van der Waals surface area contributed by atoms with Gasteiger partial charge in [0, 0.05) is 35.0 Å². The van der Waals surface area contributed by atoms with Gasteiger partial charge < -0.3 is 4.74 Å². The first kappa shape index (κ1) is 25.1. The lowest BCUT2D eigenvalue weighted by atomic mass is 9.39. The lowest BCUT2D eigenvalue weighted by Crippen LogP contribution is -2.62. The van der Waals surface area contributed by atoms with E-state index in [2.05, 4.69) is 20.8 Å². The van der Waals surface area contributed by atoms with Gasteiger partial charge in [0.1, 0.15) is 11.9 Å². The summed E-state index contributed by atoms with van der Waals surface area (Å²) in [4.78, 5) is 53.9. The summed E-state index contributed by atoms with van der Waals surface area (Å²) < 4.78 is 5.32. The fraction of sp³-hybridized carbons (Fsp3) is 0.700. The van der Waals surface area contributed by atoms with E-state index in [1.807, 2.05) is 13.0 Å². The standard InChI is InChI=1S/C30H37NO5/c1-16-24-21(33)14-28(4)18-7-8-30(26(35)36-6)10-9-27(2,3)13-19(30)23(18)20(32)11-22(28)29(24,5)12-17(15-31)25(16)34/h11-12,16,18-19,23-24H,7-10,13-14H2,1-6H3. The second-order valence-electron chi connectivity index (χ2n) is 13.4. The van der Waals surface area contributed by atoms with Crippen LogP contribution in [0, 0.1) is 62.6 Å². The van der Waals surface area contributed by atoms with Gasteiger partial charge in [-0.2, -0.15) is 5.26 Å². The average molecular weight is 492 g/mol. The van der Waals surface area contributed by atoms with Crippen LogP contribution >= 0.6 is 0 Å². The Kier molecular flexibility index (Phi) is 5.39. The molecule has 3 saturated carbocycles. The van der Waals surface area contributed by atoms with Crippen molar-refractivity contribution in [2.24, 2.45) is 51.2 Å². The number of Topliss-reactive ketones (excluding diaryl/α,β-unsaturated/α-hetero) is 2. The molecule has 8 atom stereocenters. The summed E-state index contributed by atoms with van der Waals surface area (Å²) in [5.41, 5.74) is -1.10. The highest BCUT2D eigenvalue weighted by atomic mass is 16.5. The van der Waals surface area contributed by atoms with Gasteiger partial charge in [-0.05, 0) is 61.0 Å². The van der Waals surface area contributed by atoms with Crippen LogP contribution in [0.15, 0.2) is 23.3 Å². The maximum absolute atomic E-state index is 14.1. The molecule has 0 aromatic heterocycles. The van der Waals surface area contributed by atoms with Gasteiger partial charge in [0.25, 0.3) is 0 Å². The number of hydrogen-bond donors (Lipinski definition) is 0. The number of ketones is 3. The van der Waals surface area contributed by atoms with Crippen molar-refractivity contribution in [3.05, 3.63) is 23.3 Å². The Morgan fingerprint density at radius 2 is 1.78 bits per heavy atom. The van der Waals surface area contributed by atoms with Crippen LogP contribution in [0.4, 0.5) is 0 Å². The van der Waals surface area contributed by atoms with Gasteiger partial charge in [-0.15, -0.1) is 0 Å². The third-order valence-electron chi connectivity index (χ3n) is 11.0. The lowest BCUT2D eigenvalue weighted by molar-refractivity contribution is -0.178. The Morgan fingerprint density at radius 3 is 2.42 bits per heavy atom. The maximum atomic E-state index is 14.1. The number of nitrogens with zero attached hydrogens (tertiary/aromatic N) is 1. The van der Waals surface area contributed by atoms with Crippen molar-refractivity contribution in [2.45, 2.75) is 73.1 Å². The van der Waals surface area contributed by atoms with Gasteiger partial charge in [-0.25, -0.2) is 0 Å². The molecule has 5 rings (SSSR count). The van der Waals surface area contributed by atoms with Gasteiger partial charge >= 0.3 is 5.97 Å². The summed E-state index contributed by atoms with van der Waals surface area (Å²) >= 11 is 0. The zero-order valence-electron chi connectivity index (χ0n) is 22.3. The zero-order chi connectivity index (χ0) is 26.4. The second kappa shape index (κ2) is 7.73. The third-order valence-corrected chi connectivity index (χ3v) is 11.0. The first-order valence-electron chi connectivity index (χ1n) is 13.3. The van der Waals surface area contributed by atoms with Crippen molar-refractivity contribution in [3.63, 3.8) is 0 Å². The molecule has 0 N–H and O–H groups in total. The SMILES string of the molecule is COC(=O)C12CCC3C(C(=O)C=C4C5(C)C=C(C#N)C(=O)C(C)C5C(=O)CC43C)C1CC(C)(C)CC2. The predicted octanol–water partition coefficient (Wildman–Crippen LogP) is 4.78. The van der Waals surface area contributed by atoms with Crippen molar-refractivity contribution in [2.75, 3.05) is 7.11 Å². The summed E-state index contributed by atoms with van der Waals surface area (Å²) in [5.74, 6) is -2.16. The quantitative estimate of drug-likeness (QED) is 0.489. The topological polar surface area (TPSA) is 101 Å². The molecule has 0 bridgehead atoms. The molecular weight excluding hydrogens is 454 g/mol. The third kappa shape index (κ3) is 3.07. The smallest absolute Gasteiger partial charge is 0.312 e. The van der Waals surface area contributed by atoms with Crippen LogP contribution in [0.2, 0.25) is 0 Å². The number of rotatable bonds is 1. The van der Waals surface area contributed by atoms with Crippen molar-refractivity contribution in [1.29, 1.82) is 5.26 Å². The second-order valence-corrected chi connectivity index (χ2v) is 13.4. The number of ether oxygens (including phenoxy) is 1. The molecule has 0 aromatic rings. The summed E-state index contributed by atoms with van der Waals surface area (Å²) in [6, 6.07) is 2.04. The zero-order valence-corrected chi connectivity index (χ0v) is 22.3. The molecule has 5 aliphatic rings. The summed E-state index contributed by atoms with van der Waals surface area (Å²) in [7, 11) is 1.44. The highest BCUT2D eigenvalue weighted by Crippen LogP contribution is 2.69. The maximum Gasteiger partial charge on any atom is 0.312 e. The number of carbonyl (C=O) groups excluding carboxylic acids is 4. The van der Waals surface area contributed by atoms with Gasteiger partial charge in [-0.1, -0.05) is 40.7 Å². The monoisotopic (exact) mass is 491 g/mol. The Balaban J connectivity index is 1.68. The number of hydrogen-bond acceptors (Lipinski definition) is 6. The minimum atomic E-state index is -0.855. The number of carbonyl (C=O) groups is 4. The molecular formula is C30H37NO5. The highest BCUT2D eigenvalue weighted by Gasteiger charge is 2.67. The molecule has 5 aliphatic carbocycles. The van der Waals surface area contributed by atoms with Crippen molar-refractivity contribution < 1.29 is 23.9 Å². The summed E-state index contributed by atoms with van der Waals surface area (Å²) in [5, 5.41) is 9.68. The molecule has 6 nitrogen and oxygen atoms in total. The fourth-order valence-corrected chi connectivity index (χ4v) is 9.36. The summed E-state index contributed by atoms with van der Waals surface area (Å²) in [6.45, 7) is 10.2. The summed E-state index contributed by atoms with van der Waals surface area (Å²) in [6.07, 6.45) is 7.41. The first-order chi connectivity index (χ1) is 16.8. The van der Waals surface area contributed by atoms with Crippen molar-refractivity contribution in [1.82, 2.24) is 0 Å². The van der Waals surface area contributed by atoms with Gasteiger partial charge in [0.05, 0.1) is 18.1 Å².